The van der Waals surface area contributed by atoms with E-state index in [1.54, 1.807) is 6.20 Å². The summed E-state index contributed by atoms with van der Waals surface area (Å²) in [5.41, 5.74) is -0.472. The molecule has 1 fully saturated rings. The van der Waals surface area contributed by atoms with E-state index >= 15 is 0 Å². The molecule has 1 aliphatic heterocycles. The largest absolute Gasteiger partial charge is 0.345 e. The molecule has 0 aliphatic carbocycles. The molecule has 2 aromatic rings. The van der Waals surface area contributed by atoms with Gasteiger partial charge in [0, 0.05) is 37.8 Å². The van der Waals surface area contributed by atoms with Crippen LogP contribution in [0.25, 0.3) is 0 Å². The molecule has 21 heavy (non-hydrogen) atoms. The number of thiazole rings is 1. The SMILES string of the molecule is O=C(c1c(F)cccc1F)N1CCN(c2nccs2)CC1. The molecular formula is C14H13F2N3OS. The first-order valence-corrected chi connectivity index (χ1v) is 7.42. The molecule has 1 aromatic carbocycles. The molecule has 0 atom stereocenters. The third-order valence-corrected chi connectivity index (χ3v) is 4.27. The van der Waals surface area contributed by atoms with Gasteiger partial charge in [-0.2, -0.15) is 0 Å². The molecule has 1 saturated heterocycles. The van der Waals surface area contributed by atoms with Gasteiger partial charge in [-0.3, -0.25) is 4.79 Å². The van der Waals surface area contributed by atoms with E-state index in [1.165, 1.54) is 22.3 Å². The molecule has 2 heterocycles. The van der Waals surface area contributed by atoms with Gasteiger partial charge in [-0.1, -0.05) is 6.07 Å². The lowest BCUT2D eigenvalue weighted by molar-refractivity contribution is 0.0737. The Morgan fingerprint density at radius 2 is 1.81 bits per heavy atom. The van der Waals surface area contributed by atoms with E-state index in [0.29, 0.717) is 26.2 Å². The third kappa shape index (κ3) is 2.73. The molecule has 0 bridgehead atoms. The highest BCUT2D eigenvalue weighted by atomic mass is 32.1. The van der Waals surface area contributed by atoms with Gasteiger partial charge >= 0.3 is 0 Å². The maximum absolute atomic E-state index is 13.6. The highest BCUT2D eigenvalue weighted by molar-refractivity contribution is 7.13. The zero-order chi connectivity index (χ0) is 14.8. The first kappa shape index (κ1) is 13.9. The first-order valence-electron chi connectivity index (χ1n) is 6.54. The Bertz CT molecular complexity index is 619. The summed E-state index contributed by atoms with van der Waals surface area (Å²) in [4.78, 5) is 20.0. The number of carbonyl (C=O) groups excluding carboxylic acids is 1. The second kappa shape index (κ2) is 5.77. The number of benzene rings is 1. The van der Waals surface area contributed by atoms with Gasteiger partial charge in [0.25, 0.3) is 5.91 Å². The molecule has 0 radical (unpaired) electrons. The fourth-order valence-electron chi connectivity index (χ4n) is 2.33. The summed E-state index contributed by atoms with van der Waals surface area (Å²) in [5.74, 6) is -2.23. The van der Waals surface area contributed by atoms with Crippen LogP contribution >= 0.6 is 11.3 Å². The number of aromatic nitrogens is 1. The maximum atomic E-state index is 13.6. The van der Waals surface area contributed by atoms with Crippen molar-refractivity contribution in [1.82, 2.24) is 9.88 Å². The van der Waals surface area contributed by atoms with Crippen LogP contribution < -0.4 is 4.90 Å². The van der Waals surface area contributed by atoms with Crippen molar-refractivity contribution < 1.29 is 13.6 Å². The van der Waals surface area contributed by atoms with Crippen LogP contribution in [-0.4, -0.2) is 42.0 Å². The van der Waals surface area contributed by atoms with Gasteiger partial charge in [0.1, 0.15) is 17.2 Å². The highest BCUT2D eigenvalue weighted by Crippen LogP contribution is 2.21. The second-order valence-electron chi connectivity index (χ2n) is 4.69. The normalized spacial score (nSPS) is 15.3. The topological polar surface area (TPSA) is 36.4 Å². The number of carbonyl (C=O) groups is 1. The van der Waals surface area contributed by atoms with Crippen molar-refractivity contribution >= 4 is 22.4 Å². The van der Waals surface area contributed by atoms with Crippen molar-refractivity contribution in [3.05, 3.63) is 47.0 Å². The van der Waals surface area contributed by atoms with Crippen LogP contribution in [-0.2, 0) is 0 Å². The van der Waals surface area contributed by atoms with Crippen molar-refractivity contribution in [2.24, 2.45) is 0 Å². The average Bonchev–Trinajstić information content (AvgIpc) is 3.01. The van der Waals surface area contributed by atoms with Gasteiger partial charge in [-0.25, -0.2) is 13.8 Å². The quantitative estimate of drug-likeness (QED) is 0.854. The van der Waals surface area contributed by atoms with Gasteiger partial charge in [-0.05, 0) is 12.1 Å². The predicted octanol–water partition coefficient (Wildman–Crippen LogP) is 2.38. The summed E-state index contributed by atoms with van der Waals surface area (Å²) in [5, 5.41) is 2.79. The number of piperazine rings is 1. The molecule has 0 unspecified atom stereocenters. The van der Waals surface area contributed by atoms with E-state index in [-0.39, 0.29) is 0 Å². The van der Waals surface area contributed by atoms with E-state index in [1.807, 2.05) is 5.38 Å². The van der Waals surface area contributed by atoms with Crippen LogP contribution in [0.3, 0.4) is 0 Å². The standard InChI is InChI=1S/C14H13F2N3OS/c15-10-2-1-3-11(16)12(10)13(20)18-5-7-19(8-6-18)14-17-4-9-21-14/h1-4,9H,5-8H2. The minimum absolute atomic E-state index is 0.423. The minimum atomic E-state index is -0.817. The van der Waals surface area contributed by atoms with Gasteiger partial charge in [-0.15, -0.1) is 11.3 Å². The molecule has 4 nitrogen and oxygen atoms in total. The van der Waals surface area contributed by atoms with E-state index in [2.05, 4.69) is 9.88 Å². The van der Waals surface area contributed by atoms with Crippen molar-refractivity contribution in [3.63, 3.8) is 0 Å². The van der Waals surface area contributed by atoms with Crippen molar-refractivity contribution in [3.8, 4) is 0 Å². The number of halogens is 2. The Morgan fingerprint density at radius 3 is 2.38 bits per heavy atom. The number of anilines is 1. The molecule has 3 rings (SSSR count). The van der Waals surface area contributed by atoms with Gasteiger partial charge in [0.2, 0.25) is 0 Å². The van der Waals surface area contributed by atoms with E-state index in [4.69, 9.17) is 0 Å². The molecule has 7 heteroatoms. The molecule has 0 N–H and O–H groups in total. The molecule has 1 aliphatic rings. The number of amides is 1. The first-order chi connectivity index (χ1) is 10.2. The summed E-state index contributed by atoms with van der Waals surface area (Å²) in [6.45, 7) is 2.06. The monoisotopic (exact) mass is 309 g/mol. The molecule has 0 spiro atoms. The van der Waals surface area contributed by atoms with Crippen LogP contribution in [0.15, 0.2) is 29.8 Å². The van der Waals surface area contributed by atoms with Crippen molar-refractivity contribution in [2.45, 2.75) is 0 Å². The van der Waals surface area contributed by atoms with Crippen LogP contribution in [0.2, 0.25) is 0 Å². The summed E-state index contributed by atoms with van der Waals surface area (Å²) < 4.78 is 27.3. The zero-order valence-corrected chi connectivity index (χ0v) is 11.9. The number of hydrogen-bond donors (Lipinski definition) is 0. The molecular weight excluding hydrogens is 296 g/mol. The number of hydrogen-bond acceptors (Lipinski definition) is 4. The fourth-order valence-corrected chi connectivity index (χ4v) is 3.03. The predicted molar refractivity (Wildman–Crippen MR) is 76.6 cm³/mol. The number of nitrogens with zero attached hydrogens (tertiary/aromatic N) is 3. The van der Waals surface area contributed by atoms with Gasteiger partial charge in [0.05, 0.1) is 0 Å². The van der Waals surface area contributed by atoms with Crippen molar-refractivity contribution in [1.29, 1.82) is 0 Å². The lowest BCUT2D eigenvalue weighted by atomic mass is 10.1. The summed E-state index contributed by atoms with van der Waals surface area (Å²) in [6.07, 6.45) is 1.73. The Labute approximate surface area is 124 Å². The number of rotatable bonds is 2. The maximum Gasteiger partial charge on any atom is 0.259 e. The minimum Gasteiger partial charge on any atom is -0.345 e. The van der Waals surface area contributed by atoms with Crippen LogP contribution in [0, 0.1) is 11.6 Å². The molecule has 0 saturated carbocycles. The Balaban J connectivity index is 1.71. The summed E-state index contributed by atoms with van der Waals surface area (Å²) in [6, 6.07) is 3.45. The zero-order valence-electron chi connectivity index (χ0n) is 11.1. The van der Waals surface area contributed by atoms with Crippen LogP contribution in [0.1, 0.15) is 10.4 Å². The van der Waals surface area contributed by atoms with Crippen LogP contribution in [0.5, 0.6) is 0 Å². The van der Waals surface area contributed by atoms with E-state index in [0.717, 1.165) is 17.3 Å². The smallest absolute Gasteiger partial charge is 0.259 e. The van der Waals surface area contributed by atoms with Gasteiger partial charge in [0.15, 0.2) is 5.13 Å². The average molecular weight is 309 g/mol. The van der Waals surface area contributed by atoms with Crippen LogP contribution in [0.4, 0.5) is 13.9 Å². The molecule has 110 valence electrons. The van der Waals surface area contributed by atoms with Gasteiger partial charge < -0.3 is 9.80 Å². The fraction of sp³-hybridized carbons (Fsp3) is 0.286. The summed E-state index contributed by atoms with van der Waals surface area (Å²) in [7, 11) is 0. The Hall–Kier alpha value is -2.02. The van der Waals surface area contributed by atoms with Crippen molar-refractivity contribution in [2.75, 3.05) is 31.1 Å². The Kier molecular flexibility index (Phi) is 3.83. The second-order valence-corrected chi connectivity index (χ2v) is 5.56. The Morgan fingerprint density at radius 1 is 1.14 bits per heavy atom. The van der Waals surface area contributed by atoms with E-state index < -0.39 is 23.1 Å². The highest BCUT2D eigenvalue weighted by Gasteiger charge is 2.27. The lowest BCUT2D eigenvalue weighted by Gasteiger charge is -2.34. The molecule has 1 amide bonds. The lowest BCUT2D eigenvalue weighted by Crippen LogP contribution is -2.49. The molecule has 1 aromatic heterocycles. The summed E-state index contributed by atoms with van der Waals surface area (Å²) >= 11 is 1.53. The third-order valence-electron chi connectivity index (χ3n) is 3.43. The van der Waals surface area contributed by atoms with E-state index in [9.17, 15) is 13.6 Å².